The van der Waals surface area contributed by atoms with Crippen LogP contribution < -0.4 is 0 Å². The van der Waals surface area contributed by atoms with Crippen molar-refractivity contribution in [3.05, 3.63) is 97.2 Å². The first-order valence-corrected chi connectivity index (χ1v) is 26.2. The maximum absolute atomic E-state index is 12.8. The van der Waals surface area contributed by atoms with Crippen LogP contribution in [0.15, 0.2) is 97.2 Å². The molecule has 0 aromatic carbocycles. The minimum atomic E-state index is -0.810. The van der Waals surface area contributed by atoms with Crippen molar-refractivity contribution in [2.75, 3.05) is 13.2 Å². The Hall–Kier alpha value is -3.67. The van der Waals surface area contributed by atoms with E-state index in [1.54, 1.807) is 0 Å². The van der Waals surface area contributed by atoms with Gasteiger partial charge in [-0.1, -0.05) is 208 Å². The molecule has 364 valence electrons. The topological polar surface area (TPSA) is 78.9 Å². The SMILES string of the molecule is CC/C=C\C/C=C\C/C=C\C/C=C\C/C=C\CCCCCC(=O)OC[C@@H](COC(=O)CCCCCCCCCCCCCC)OC(=O)CCCC/C=C\C/C=C\C/C=C\CCCCC. The summed E-state index contributed by atoms with van der Waals surface area (Å²) in [6.07, 6.45) is 68.2. The molecule has 0 saturated heterocycles. The molecule has 64 heavy (non-hydrogen) atoms. The molecule has 0 aromatic rings. The molecule has 0 heterocycles. The van der Waals surface area contributed by atoms with E-state index in [0.29, 0.717) is 19.3 Å². The highest BCUT2D eigenvalue weighted by Gasteiger charge is 2.19. The lowest BCUT2D eigenvalue weighted by atomic mass is 10.0. The predicted octanol–water partition coefficient (Wildman–Crippen LogP) is 17.4. The second-order valence-corrected chi connectivity index (χ2v) is 17.1. The van der Waals surface area contributed by atoms with Crippen LogP contribution in [0, 0.1) is 0 Å². The fourth-order valence-electron chi connectivity index (χ4n) is 6.89. The summed E-state index contributed by atoms with van der Waals surface area (Å²) in [6.45, 7) is 6.42. The molecule has 0 aliphatic rings. The van der Waals surface area contributed by atoms with Crippen molar-refractivity contribution in [2.24, 2.45) is 0 Å². The summed E-state index contributed by atoms with van der Waals surface area (Å²) >= 11 is 0. The van der Waals surface area contributed by atoms with Gasteiger partial charge in [-0.05, 0) is 103 Å². The number of hydrogen-bond acceptors (Lipinski definition) is 6. The second kappa shape index (κ2) is 52.0. The third-order valence-corrected chi connectivity index (χ3v) is 10.8. The van der Waals surface area contributed by atoms with Crippen LogP contribution in [0.3, 0.4) is 0 Å². The zero-order chi connectivity index (χ0) is 46.5. The molecule has 1 atom stereocenters. The van der Waals surface area contributed by atoms with E-state index >= 15 is 0 Å². The monoisotopic (exact) mass is 889 g/mol. The first-order chi connectivity index (χ1) is 31.5. The number of carbonyl (C=O) groups is 3. The van der Waals surface area contributed by atoms with Gasteiger partial charge in [0.05, 0.1) is 0 Å². The Labute approximate surface area is 394 Å². The largest absolute Gasteiger partial charge is 0.462 e. The molecule has 0 unspecified atom stereocenters. The Morgan fingerprint density at radius 3 is 1.02 bits per heavy atom. The smallest absolute Gasteiger partial charge is 0.306 e. The molecular weight excluding hydrogens is 793 g/mol. The van der Waals surface area contributed by atoms with Crippen molar-refractivity contribution in [3.8, 4) is 0 Å². The molecule has 0 aliphatic carbocycles. The van der Waals surface area contributed by atoms with E-state index in [0.717, 1.165) is 103 Å². The second-order valence-electron chi connectivity index (χ2n) is 17.1. The fraction of sp³-hybridized carbons (Fsp3) is 0.672. The van der Waals surface area contributed by atoms with Gasteiger partial charge in [-0.25, -0.2) is 0 Å². The number of carbonyl (C=O) groups excluding carboxylic acids is 3. The highest BCUT2D eigenvalue weighted by atomic mass is 16.6. The summed E-state index contributed by atoms with van der Waals surface area (Å²) in [5.74, 6) is -0.977. The third-order valence-electron chi connectivity index (χ3n) is 10.8. The van der Waals surface area contributed by atoms with Crippen molar-refractivity contribution in [3.63, 3.8) is 0 Å². The van der Waals surface area contributed by atoms with Crippen molar-refractivity contribution < 1.29 is 28.6 Å². The third kappa shape index (κ3) is 49.3. The van der Waals surface area contributed by atoms with Gasteiger partial charge >= 0.3 is 17.9 Å². The van der Waals surface area contributed by atoms with Gasteiger partial charge in [-0.15, -0.1) is 0 Å². The summed E-state index contributed by atoms with van der Waals surface area (Å²) in [6, 6.07) is 0. The number of hydrogen-bond donors (Lipinski definition) is 0. The maximum atomic E-state index is 12.8. The van der Waals surface area contributed by atoms with E-state index in [1.807, 2.05) is 0 Å². The minimum absolute atomic E-state index is 0.103. The number of allylic oxidation sites excluding steroid dienone is 16. The van der Waals surface area contributed by atoms with Gasteiger partial charge in [0, 0.05) is 19.3 Å². The van der Waals surface area contributed by atoms with Crippen molar-refractivity contribution in [2.45, 2.75) is 239 Å². The Morgan fingerprint density at radius 1 is 0.328 bits per heavy atom. The van der Waals surface area contributed by atoms with Crippen molar-refractivity contribution >= 4 is 17.9 Å². The molecule has 6 nitrogen and oxygen atoms in total. The molecule has 0 amide bonds. The maximum Gasteiger partial charge on any atom is 0.306 e. The van der Waals surface area contributed by atoms with Crippen LogP contribution in [0.25, 0.3) is 0 Å². The standard InChI is InChI=1S/C58H96O6/c1-4-7-10-13-16-19-22-25-27-28-29-30-32-33-36-39-42-45-48-51-57(60)63-54-55(53-62-56(59)50-47-44-41-38-35-24-21-18-15-12-9-6-3)64-58(61)52-49-46-43-40-37-34-31-26-23-20-17-14-11-8-5-2/h7,10,16-17,19-20,25-27,29-31,33,36-37,40,55H,4-6,8-9,11-15,18,21-24,28,32,34-35,38-39,41-54H2,1-3H3/b10-7-,19-16-,20-17-,27-25-,30-29-,31-26-,36-33-,40-37-/t55-/m1/s1. The number of esters is 3. The van der Waals surface area contributed by atoms with E-state index in [9.17, 15) is 14.4 Å². The first-order valence-electron chi connectivity index (χ1n) is 26.2. The summed E-state index contributed by atoms with van der Waals surface area (Å²) < 4.78 is 16.7. The van der Waals surface area contributed by atoms with E-state index in [4.69, 9.17) is 14.2 Å². The Bertz CT molecular complexity index is 1300. The van der Waals surface area contributed by atoms with Crippen molar-refractivity contribution in [1.82, 2.24) is 0 Å². The summed E-state index contributed by atoms with van der Waals surface area (Å²) in [5.41, 5.74) is 0. The van der Waals surface area contributed by atoms with Crippen LogP contribution in [-0.2, 0) is 28.6 Å². The molecule has 0 aromatic heterocycles. The lowest BCUT2D eigenvalue weighted by molar-refractivity contribution is -0.167. The zero-order valence-electron chi connectivity index (χ0n) is 41.5. The highest BCUT2D eigenvalue weighted by molar-refractivity contribution is 5.71. The summed E-state index contributed by atoms with van der Waals surface area (Å²) in [5, 5.41) is 0. The number of unbranched alkanes of at least 4 members (excludes halogenated alkanes) is 19. The van der Waals surface area contributed by atoms with E-state index in [2.05, 4.69) is 118 Å². The first kappa shape index (κ1) is 60.3. The normalized spacial score (nSPS) is 12.9. The lowest BCUT2D eigenvalue weighted by Gasteiger charge is -2.18. The van der Waals surface area contributed by atoms with Crippen LogP contribution >= 0.6 is 0 Å². The Kier molecular flexibility index (Phi) is 49.0. The summed E-state index contributed by atoms with van der Waals surface area (Å²) in [7, 11) is 0. The minimum Gasteiger partial charge on any atom is -0.462 e. The van der Waals surface area contributed by atoms with E-state index in [-0.39, 0.29) is 37.5 Å². The highest BCUT2D eigenvalue weighted by Crippen LogP contribution is 2.14. The quantitative estimate of drug-likeness (QED) is 0.0262. The Morgan fingerprint density at radius 2 is 0.609 bits per heavy atom. The van der Waals surface area contributed by atoms with Crippen LogP contribution in [-0.4, -0.2) is 37.2 Å². The molecule has 0 N–H and O–H groups in total. The molecule has 0 saturated carbocycles. The zero-order valence-corrected chi connectivity index (χ0v) is 41.5. The molecule has 6 heteroatoms. The number of ether oxygens (including phenoxy) is 3. The number of rotatable bonds is 46. The molecular formula is C58H96O6. The Balaban J connectivity index is 4.50. The molecule has 0 rings (SSSR count). The average Bonchev–Trinajstić information content (AvgIpc) is 3.29. The fourth-order valence-corrected chi connectivity index (χ4v) is 6.89. The van der Waals surface area contributed by atoms with Gasteiger partial charge < -0.3 is 14.2 Å². The molecule has 0 radical (unpaired) electrons. The van der Waals surface area contributed by atoms with Crippen LogP contribution in [0.1, 0.15) is 233 Å². The molecule has 0 bridgehead atoms. The van der Waals surface area contributed by atoms with Gasteiger partial charge in [0.2, 0.25) is 0 Å². The van der Waals surface area contributed by atoms with Crippen LogP contribution in [0.2, 0.25) is 0 Å². The van der Waals surface area contributed by atoms with Gasteiger partial charge in [-0.2, -0.15) is 0 Å². The van der Waals surface area contributed by atoms with Gasteiger partial charge in [0.25, 0.3) is 0 Å². The predicted molar refractivity (Wildman–Crippen MR) is 274 cm³/mol. The van der Waals surface area contributed by atoms with Gasteiger partial charge in [0.1, 0.15) is 13.2 Å². The van der Waals surface area contributed by atoms with Crippen LogP contribution in [0.5, 0.6) is 0 Å². The molecule has 0 fully saturated rings. The summed E-state index contributed by atoms with van der Waals surface area (Å²) in [4.78, 5) is 38.0. The molecule has 0 spiro atoms. The molecule has 0 aliphatic heterocycles. The van der Waals surface area contributed by atoms with Crippen LogP contribution in [0.4, 0.5) is 0 Å². The van der Waals surface area contributed by atoms with E-state index < -0.39 is 6.10 Å². The van der Waals surface area contributed by atoms with Gasteiger partial charge in [0.15, 0.2) is 6.10 Å². The van der Waals surface area contributed by atoms with Gasteiger partial charge in [-0.3, -0.25) is 14.4 Å². The average molecular weight is 889 g/mol. The lowest BCUT2D eigenvalue weighted by Crippen LogP contribution is -2.30. The van der Waals surface area contributed by atoms with E-state index in [1.165, 1.54) is 83.5 Å². The van der Waals surface area contributed by atoms with Crippen molar-refractivity contribution in [1.29, 1.82) is 0 Å².